The average Bonchev–Trinajstić information content (AvgIpc) is 3.01. The number of nitrogens with zero attached hydrogens (tertiary/aromatic N) is 2. The second kappa shape index (κ2) is 11.0. The Balaban J connectivity index is 1.87. The van der Waals surface area contributed by atoms with E-state index in [1.165, 1.54) is 29.2 Å². The Morgan fingerprint density at radius 1 is 1.27 bits per heavy atom. The van der Waals surface area contributed by atoms with Crippen molar-refractivity contribution in [3.05, 3.63) is 72.6 Å². The highest BCUT2D eigenvalue weighted by atomic mass is 35.5. The molecule has 0 saturated carbocycles. The summed E-state index contributed by atoms with van der Waals surface area (Å²) in [6.45, 7) is 0.172. The van der Waals surface area contributed by atoms with Crippen LogP contribution in [0.5, 0.6) is 5.75 Å². The lowest BCUT2D eigenvalue weighted by molar-refractivity contribution is -0.384. The lowest BCUT2D eigenvalue weighted by atomic mass is 10.1. The number of halogens is 2. The second-order valence-electron chi connectivity index (χ2n) is 6.80. The zero-order valence-corrected chi connectivity index (χ0v) is 20.0. The van der Waals surface area contributed by atoms with E-state index in [2.05, 4.69) is 0 Å². The Hall–Kier alpha value is -2.66. The summed E-state index contributed by atoms with van der Waals surface area (Å²) in [6.07, 6.45) is 1.62. The van der Waals surface area contributed by atoms with E-state index in [0.29, 0.717) is 21.2 Å². The maximum Gasteiger partial charge on any atom is 0.303 e. The number of carbonyl (C=O) groups is 2. The summed E-state index contributed by atoms with van der Waals surface area (Å²) in [5.74, 6) is -1.08. The number of carbonyl (C=O) groups excluding carboxylic acids is 1. The summed E-state index contributed by atoms with van der Waals surface area (Å²) in [5.41, 5.74) is 0.676. The van der Waals surface area contributed by atoms with E-state index in [0.717, 1.165) is 11.8 Å². The zero-order valence-electron chi connectivity index (χ0n) is 16.8. The first-order valence-corrected chi connectivity index (χ1v) is 11.5. The van der Waals surface area contributed by atoms with Crippen LogP contribution in [0.4, 0.5) is 5.69 Å². The van der Waals surface area contributed by atoms with Crippen molar-refractivity contribution in [3.63, 3.8) is 0 Å². The Morgan fingerprint density at radius 2 is 1.97 bits per heavy atom. The summed E-state index contributed by atoms with van der Waals surface area (Å²) >= 11 is 18.6. The highest BCUT2D eigenvalue weighted by Crippen LogP contribution is 2.36. The number of nitro groups is 1. The number of aliphatic carboxylic acids is 1. The van der Waals surface area contributed by atoms with Crippen molar-refractivity contribution < 1.29 is 24.4 Å². The molecule has 33 heavy (non-hydrogen) atoms. The number of thioether (sulfide) groups is 1. The summed E-state index contributed by atoms with van der Waals surface area (Å²) in [7, 11) is 0. The topological polar surface area (TPSA) is 110 Å². The Morgan fingerprint density at radius 3 is 2.61 bits per heavy atom. The molecule has 2 aromatic carbocycles. The molecule has 0 unspecified atom stereocenters. The van der Waals surface area contributed by atoms with Gasteiger partial charge in [0.1, 0.15) is 16.7 Å². The van der Waals surface area contributed by atoms with Crippen LogP contribution in [0, 0.1) is 10.1 Å². The first-order valence-electron chi connectivity index (χ1n) is 9.48. The van der Waals surface area contributed by atoms with E-state index in [-0.39, 0.29) is 46.7 Å². The van der Waals surface area contributed by atoms with Crippen LogP contribution in [0.15, 0.2) is 41.3 Å². The van der Waals surface area contributed by atoms with E-state index >= 15 is 0 Å². The third-order valence-electron chi connectivity index (χ3n) is 4.57. The van der Waals surface area contributed by atoms with Gasteiger partial charge >= 0.3 is 5.97 Å². The SMILES string of the molecule is O=C(O)CCCN1C(=O)/C(=C/c2cc([N+](=O)[O-])ccc2OCc2c(Cl)cccc2Cl)SC1=S. The molecule has 1 aliphatic rings. The molecule has 2 aromatic rings. The minimum Gasteiger partial charge on any atom is -0.488 e. The van der Waals surface area contributed by atoms with E-state index in [4.69, 9.17) is 45.3 Å². The fourth-order valence-electron chi connectivity index (χ4n) is 2.94. The van der Waals surface area contributed by atoms with Crippen LogP contribution in [0.25, 0.3) is 6.08 Å². The minimum atomic E-state index is -0.965. The number of benzene rings is 2. The van der Waals surface area contributed by atoms with Gasteiger partial charge in [0.05, 0.1) is 9.83 Å². The van der Waals surface area contributed by atoms with Gasteiger partial charge in [-0.2, -0.15) is 0 Å². The van der Waals surface area contributed by atoms with Gasteiger partial charge in [-0.15, -0.1) is 0 Å². The van der Waals surface area contributed by atoms with Crippen molar-refractivity contribution in [2.24, 2.45) is 0 Å². The first-order chi connectivity index (χ1) is 15.7. The molecule has 0 aliphatic carbocycles. The quantitative estimate of drug-likeness (QED) is 0.196. The minimum absolute atomic E-state index is 0.00725. The Labute approximate surface area is 208 Å². The molecule has 1 amide bonds. The van der Waals surface area contributed by atoms with Crippen molar-refractivity contribution in [2.75, 3.05) is 6.54 Å². The lowest BCUT2D eigenvalue weighted by Gasteiger charge is -2.13. The normalized spacial score (nSPS) is 14.7. The van der Waals surface area contributed by atoms with E-state index < -0.39 is 16.8 Å². The van der Waals surface area contributed by atoms with Crippen LogP contribution < -0.4 is 4.74 Å². The molecule has 12 heteroatoms. The zero-order chi connectivity index (χ0) is 24.1. The molecule has 1 fully saturated rings. The van der Waals surface area contributed by atoms with Crippen molar-refractivity contribution >= 4 is 75.1 Å². The van der Waals surface area contributed by atoms with E-state index in [1.807, 2.05) is 0 Å². The highest BCUT2D eigenvalue weighted by Gasteiger charge is 2.32. The Kier molecular flexibility index (Phi) is 8.30. The molecule has 0 radical (unpaired) electrons. The molecule has 1 heterocycles. The third kappa shape index (κ3) is 6.23. The summed E-state index contributed by atoms with van der Waals surface area (Å²) < 4.78 is 6.13. The predicted molar refractivity (Wildman–Crippen MR) is 131 cm³/mol. The van der Waals surface area contributed by atoms with Gasteiger partial charge in [-0.25, -0.2) is 0 Å². The molecule has 1 N–H and O–H groups in total. The summed E-state index contributed by atoms with van der Waals surface area (Å²) in [4.78, 5) is 35.8. The fourth-order valence-corrected chi connectivity index (χ4v) is 4.74. The van der Waals surface area contributed by atoms with E-state index in [9.17, 15) is 19.7 Å². The van der Waals surface area contributed by atoms with Crippen LogP contribution in [0.1, 0.15) is 24.0 Å². The molecule has 8 nitrogen and oxygen atoms in total. The number of hydrogen-bond acceptors (Lipinski definition) is 7. The number of hydrogen-bond donors (Lipinski definition) is 1. The standard InChI is InChI=1S/C21H16Cl2N2O6S2/c22-15-3-1-4-16(23)14(15)11-31-17-7-6-13(25(29)30)9-12(17)10-18-20(28)24(21(32)33-18)8-2-5-19(26)27/h1,3-4,6-7,9-10H,2,5,8,11H2,(H,26,27)/b18-10-. The summed E-state index contributed by atoms with van der Waals surface area (Å²) in [5, 5.41) is 20.9. The number of rotatable bonds is 9. The van der Waals surface area contributed by atoms with Crippen LogP contribution >= 0.6 is 47.2 Å². The van der Waals surface area contributed by atoms with Crippen LogP contribution in [0.2, 0.25) is 10.0 Å². The van der Waals surface area contributed by atoms with Crippen molar-refractivity contribution in [2.45, 2.75) is 19.4 Å². The number of ether oxygens (including phenoxy) is 1. The van der Waals surface area contributed by atoms with Crippen molar-refractivity contribution in [1.29, 1.82) is 0 Å². The van der Waals surface area contributed by atoms with Crippen LogP contribution in [-0.2, 0) is 16.2 Å². The van der Waals surface area contributed by atoms with Gasteiger partial charge in [0.25, 0.3) is 11.6 Å². The lowest BCUT2D eigenvalue weighted by Crippen LogP contribution is -2.29. The smallest absolute Gasteiger partial charge is 0.303 e. The number of nitro benzene ring substituents is 1. The Bertz CT molecular complexity index is 1150. The third-order valence-corrected chi connectivity index (χ3v) is 6.66. The largest absolute Gasteiger partial charge is 0.488 e. The van der Waals surface area contributed by atoms with Crippen LogP contribution in [-0.4, -0.2) is 37.7 Å². The molecule has 0 aromatic heterocycles. The second-order valence-corrected chi connectivity index (χ2v) is 9.29. The van der Waals surface area contributed by atoms with Gasteiger partial charge in [0.15, 0.2) is 0 Å². The molecule has 3 rings (SSSR count). The van der Waals surface area contributed by atoms with Crippen LogP contribution in [0.3, 0.4) is 0 Å². The molecular formula is C21H16Cl2N2O6S2. The summed E-state index contributed by atoms with van der Waals surface area (Å²) in [6, 6.07) is 9.04. The predicted octanol–water partition coefficient (Wildman–Crippen LogP) is 5.55. The molecule has 0 bridgehead atoms. The molecule has 0 spiro atoms. The van der Waals surface area contributed by atoms with E-state index in [1.54, 1.807) is 18.2 Å². The fraction of sp³-hybridized carbons (Fsp3) is 0.190. The number of carboxylic acids is 1. The maximum atomic E-state index is 12.8. The molecule has 1 saturated heterocycles. The van der Waals surface area contributed by atoms with Crippen molar-refractivity contribution in [1.82, 2.24) is 4.90 Å². The molecule has 1 aliphatic heterocycles. The average molecular weight is 527 g/mol. The highest BCUT2D eigenvalue weighted by molar-refractivity contribution is 8.26. The number of non-ortho nitro benzene ring substituents is 1. The number of carboxylic acid groups (broad SMARTS) is 1. The molecule has 0 atom stereocenters. The van der Waals surface area contributed by atoms with Gasteiger partial charge in [-0.1, -0.05) is 53.2 Å². The number of amides is 1. The van der Waals surface area contributed by atoms with Gasteiger partial charge in [-0.3, -0.25) is 24.6 Å². The van der Waals surface area contributed by atoms with Gasteiger partial charge in [0.2, 0.25) is 0 Å². The molecular weight excluding hydrogens is 511 g/mol. The van der Waals surface area contributed by atoms with Gasteiger partial charge < -0.3 is 9.84 Å². The van der Waals surface area contributed by atoms with Gasteiger partial charge in [-0.05, 0) is 30.7 Å². The first kappa shape index (κ1) is 25.0. The van der Waals surface area contributed by atoms with Gasteiger partial charge in [0, 0.05) is 46.3 Å². The molecule has 172 valence electrons. The maximum absolute atomic E-state index is 12.8. The number of thiocarbonyl (C=S) groups is 1. The van der Waals surface area contributed by atoms with Crippen molar-refractivity contribution in [3.8, 4) is 5.75 Å². The monoisotopic (exact) mass is 526 g/mol.